The molecule has 11 heteroatoms. The standard InChI is InChI=1S/C28H39FN4O6/c1-17-6-4-10-31-24(35)9-8-18(2)26(19(3)15-30)39-28(37)23-7-5-11-33(23)27(36)22-16-38-25(32-22)14-20(29)13-21(34)12-17/h4,6,8-9,12,16,18-21,23,26,34H,5,7,10-11,13-15,30H2,1-3H3,(H,31,35)/b6-4?,9-8+,17-12?/t18-,19+,20-,21-,23-,26+/m1/s1. The molecule has 0 unspecified atom stereocenters. The fourth-order valence-electron chi connectivity index (χ4n) is 4.77. The molecule has 4 N–H and O–H groups in total. The molecule has 214 valence electrons. The predicted molar refractivity (Wildman–Crippen MR) is 142 cm³/mol. The second-order valence-corrected chi connectivity index (χ2v) is 10.3. The molecule has 3 heterocycles. The van der Waals surface area contributed by atoms with Crippen molar-refractivity contribution < 1.29 is 33.0 Å². The largest absolute Gasteiger partial charge is 0.460 e. The Balaban J connectivity index is 1.86. The molecule has 3 rings (SSSR count). The van der Waals surface area contributed by atoms with Crippen LogP contribution in [0, 0.1) is 11.8 Å². The van der Waals surface area contributed by atoms with E-state index in [1.165, 1.54) is 17.1 Å². The maximum Gasteiger partial charge on any atom is 0.329 e. The Morgan fingerprint density at radius 2 is 2.08 bits per heavy atom. The van der Waals surface area contributed by atoms with Gasteiger partial charge in [0.25, 0.3) is 5.91 Å². The molecule has 1 aromatic rings. The molecule has 2 bridgehead atoms. The van der Waals surface area contributed by atoms with Gasteiger partial charge in [0.15, 0.2) is 11.6 Å². The summed E-state index contributed by atoms with van der Waals surface area (Å²) in [5, 5.41) is 13.0. The van der Waals surface area contributed by atoms with Crippen LogP contribution in [0.25, 0.3) is 0 Å². The number of amides is 2. The molecule has 0 aromatic carbocycles. The molecular weight excluding hydrogens is 507 g/mol. The van der Waals surface area contributed by atoms with Crippen LogP contribution in [0.15, 0.2) is 46.6 Å². The zero-order valence-corrected chi connectivity index (χ0v) is 22.7. The van der Waals surface area contributed by atoms with E-state index in [4.69, 9.17) is 14.9 Å². The van der Waals surface area contributed by atoms with E-state index in [9.17, 15) is 23.9 Å². The average molecular weight is 547 g/mol. The minimum atomic E-state index is -1.46. The first kappa shape index (κ1) is 30.2. The minimum absolute atomic E-state index is 0.0223. The number of rotatable bonds is 2. The second kappa shape index (κ2) is 14.2. The lowest BCUT2D eigenvalue weighted by Crippen LogP contribution is -2.45. The molecule has 1 fully saturated rings. The molecule has 1 aromatic heterocycles. The summed E-state index contributed by atoms with van der Waals surface area (Å²) in [5.41, 5.74) is 6.56. The summed E-state index contributed by atoms with van der Waals surface area (Å²) >= 11 is 0. The van der Waals surface area contributed by atoms with Gasteiger partial charge in [0, 0.05) is 31.3 Å². The van der Waals surface area contributed by atoms with Gasteiger partial charge in [-0.3, -0.25) is 9.59 Å². The van der Waals surface area contributed by atoms with Crippen LogP contribution in [0.3, 0.4) is 0 Å². The van der Waals surface area contributed by atoms with Crippen LogP contribution in [0.4, 0.5) is 4.39 Å². The Labute approximate surface area is 228 Å². The Kier molecular flexibility index (Phi) is 11.0. The van der Waals surface area contributed by atoms with Crippen molar-refractivity contribution in [1.29, 1.82) is 0 Å². The normalized spacial score (nSPS) is 29.7. The zero-order chi connectivity index (χ0) is 28.5. The molecule has 0 radical (unpaired) electrons. The Morgan fingerprint density at radius 1 is 1.31 bits per heavy atom. The molecule has 39 heavy (non-hydrogen) atoms. The molecule has 0 saturated carbocycles. The van der Waals surface area contributed by atoms with Crippen molar-refractivity contribution in [1.82, 2.24) is 15.2 Å². The van der Waals surface area contributed by atoms with E-state index in [1.807, 2.05) is 13.8 Å². The van der Waals surface area contributed by atoms with Crippen LogP contribution in [0.2, 0.25) is 0 Å². The number of hydrogen-bond donors (Lipinski definition) is 3. The second-order valence-electron chi connectivity index (χ2n) is 10.3. The Bertz CT molecular complexity index is 1100. The minimum Gasteiger partial charge on any atom is -0.460 e. The Hall–Kier alpha value is -3.31. The van der Waals surface area contributed by atoms with Gasteiger partial charge in [-0.1, -0.05) is 43.7 Å². The number of aliphatic hydroxyl groups is 1. The van der Waals surface area contributed by atoms with Gasteiger partial charge in [-0.2, -0.15) is 0 Å². The molecule has 10 nitrogen and oxygen atoms in total. The van der Waals surface area contributed by atoms with E-state index in [1.54, 1.807) is 25.2 Å². The van der Waals surface area contributed by atoms with Crippen molar-refractivity contribution in [3.8, 4) is 0 Å². The molecule has 0 spiro atoms. The van der Waals surface area contributed by atoms with E-state index in [0.29, 0.717) is 25.0 Å². The number of ether oxygens (including phenoxy) is 1. The van der Waals surface area contributed by atoms with Crippen molar-refractivity contribution in [2.45, 2.75) is 70.9 Å². The van der Waals surface area contributed by atoms with E-state index in [2.05, 4.69) is 10.3 Å². The van der Waals surface area contributed by atoms with Gasteiger partial charge in [0.05, 0.1) is 12.5 Å². The Morgan fingerprint density at radius 3 is 2.82 bits per heavy atom. The summed E-state index contributed by atoms with van der Waals surface area (Å²) in [6.07, 6.45) is 6.71. The molecular formula is C28H39FN4O6. The first-order chi connectivity index (χ1) is 18.6. The lowest BCUT2D eigenvalue weighted by molar-refractivity contribution is -0.158. The maximum absolute atomic E-state index is 14.6. The monoisotopic (exact) mass is 546 g/mol. The summed E-state index contributed by atoms with van der Waals surface area (Å²) in [6, 6.07) is -0.808. The van der Waals surface area contributed by atoms with E-state index >= 15 is 0 Å². The number of cyclic esters (lactones) is 1. The van der Waals surface area contributed by atoms with Crippen molar-refractivity contribution in [3.63, 3.8) is 0 Å². The number of halogens is 1. The number of aromatic nitrogens is 1. The number of hydrogen-bond acceptors (Lipinski definition) is 8. The molecule has 2 amide bonds. The highest BCUT2D eigenvalue weighted by molar-refractivity contribution is 5.95. The highest BCUT2D eigenvalue weighted by Gasteiger charge is 2.39. The number of esters is 1. The number of fused-ring (bicyclic) bond motifs is 3. The topological polar surface area (TPSA) is 148 Å². The highest BCUT2D eigenvalue weighted by atomic mass is 19.1. The number of nitrogens with one attached hydrogen (secondary N) is 1. The number of aliphatic hydroxyl groups excluding tert-OH is 1. The van der Waals surface area contributed by atoms with Gasteiger partial charge in [-0.25, -0.2) is 14.2 Å². The number of carbonyl (C=O) groups is 3. The van der Waals surface area contributed by atoms with Gasteiger partial charge in [-0.05, 0) is 32.4 Å². The fraction of sp³-hybridized carbons (Fsp3) is 0.571. The summed E-state index contributed by atoms with van der Waals surface area (Å²) < 4.78 is 25.8. The first-order valence-corrected chi connectivity index (χ1v) is 13.4. The van der Waals surface area contributed by atoms with Gasteiger partial charge < -0.3 is 30.2 Å². The summed E-state index contributed by atoms with van der Waals surface area (Å²) in [5.74, 6) is -1.86. The summed E-state index contributed by atoms with van der Waals surface area (Å²) in [4.78, 5) is 44.3. The number of oxazole rings is 1. The van der Waals surface area contributed by atoms with Crippen LogP contribution in [-0.4, -0.2) is 76.8 Å². The van der Waals surface area contributed by atoms with Crippen LogP contribution in [0.5, 0.6) is 0 Å². The fourth-order valence-corrected chi connectivity index (χ4v) is 4.77. The number of allylic oxidation sites excluding steroid dienone is 2. The molecule has 2 aliphatic heterocycles. The van der Waals surface area contributed by atoms with Gasteiger partial charge >= 0.3 is 5.97 Å². The van der Waals surface area contributed by atoms with Crippen molar-refractivity contribution >= 4 is 17.8 Å². The van der Waals surface area contributed by atoms with E-state index in [0.717, 1.165) is 6.26 Å². The summed E-state index contributed by atoms with van der Waals surface area (Å²) in [7, 11) is 0. The number of nitrogens with zero attached hydrogens (tertiary/aromatic N) is 2. The predicted octanol–water partition coefficient (Wildman–Crippen LogP) is 2.24. The molecule has 2 aliphatic rings. The third kappa shape index (κ3) is 8.59. The van der Waals surface area contributed by atoms with Crippen molar-refractivity contribution in [3.05, 3.63) is 53.8 Å². The average Bonchev–Trinajstić information content (AvgIpc) is 3.57. The lowest BCUT2D eigenvalue weighted by atomic mass is 9.92. The van der Waals surface area contributed by atoms with Gasteiger partial charge in [0.1, 0.15) is 24.6 Å². The molecule has 1 saturated heterocycles. The van der Waals surface area contributed by atoms with Crippen LogP contribution < -0.4 is 11.1 Å². The third-order valence-electron chi connectivity index (χ3n) is 6.93. The van der Waals surface area contributed by atoms with E-state index in [-0.39, 0.29) is 55.3 Å². The smallest absolute Gasteiger partial charge is 0.329 e. The highest BCUT2D eigenvalue weighted by Crippen LogP contribution is 2.25. The number of alkyl halides is 1. The van der Waals surface area contributed by atoms with Gasteiger partial charge in [-0.15, -0.1) is 0 Å². The zero-order valence-electron chi connectivity index (χ0n) is 22.7. The lowest BCUT2D eigenvalue weighted by Gasteiger charge is -2.30. The molecule has 0 aliphatic carbocycles. The third-order valence-corrected chi connectivity index (χ3v) is 6.93. The first-order valence-electron chi connectivity index (χ1n) is 13.4. The van der Waals surface area contributed by atoms with Crippen LogP contribution in [-0.2, 0) is 20.7 Å². The van der Waals surface area contributed by atoms with Crippen molar-refractivity contribution in [2.75, 3.05) is 19.6 Å². The van der Waals surface area contributed by atoms with Crippen molar-refractivity contribution in [2.24, 2.45) is 17.6 Å². The molecule has 6 atom stereocenters. The summed E-state index contributed by atoms with van der Waals surface area (Å²) in [6.45, 7) is 6.31. The van der Waals surface area contributed by atoms with E-state index < -0.39 is 36.3 Å². The number of nitrogens with two attached hydrogens (primary N) is 1. The quantitative estimate of drug-likeness (QED) is 0.479. The SMILES string of the molecule is CC1=C[C@@H](O)C[C@@H](F)Cc2nc(co2)C(=O)N2CCC[C@@H]2C(=O)O[C@H]([C@@H](C)CN)[C@H](C)/C=C/C(=O)NCC=C1. The maximum atomic E-state index is 14.6. The number of carbonyl (C=O) groups excluding carboxylic acids is 3. The van der Waals surface area contributed by atoms with Crippen LogP contribution in [0.1, 0.15) is 56.4 Å². The van der Waals surface area contributed by atoms with Gasteiger partial charge in [0.2, 0.25) is 5.91 Å². The van der Waals surface area contributed by atoms with Crippen LogP contribution >= 0.6 is 0 Å².